The summed E-state index contributed by atoms with van der Waals surface area (Å²) in [6.07, 6.45) is 1.74. The molecule has 2 rings (SSSR count). The molecule has 0 atom stereocenters. The third kappa shape index (κ3) is 3.49. The van der Waals surface area contributed by atoms with Gasteiger partial charge < -0.3 is 0 Å². The quantitative estimate of drug-likeness (QED) is 0.446. The molecule has 1 aromatic carbocycles. The summed E-state index contributed by atoms with van der Waals surface area (Å²) < 4.78 is 0. The first-order valence-electron chi connectivity index (χ1n) is 5.89. The van der Waals surface area contributed by atoms with Crippen molar-refractivity contribution < 1.29 is 0 Å². The average Bonchev–Trinajstić information content (AvgIpc) is 2.52. The summed E-state index contributed by atoms with van der Waals surface area (Å²) >= 11 is 0. The molecule has 1 heterocycles. The monoisotopic (exact) mass is 265 g/mol. The lowest BCUT2D eigenvalue weighted by molar-refractivity contribution is 0.977. The molecule has 0 N–H and O–H groups in total. The Morgan fingerprint density at radius 3 is 2.10 bits per heavy atom. The van der Waals surface area contributed by atoms with E-state index < -0.39 is 0 Å². The van der Waals surface area contributed by atoms with E-state index in [-0.39, 0.29) is 6.54 Å². The van der Waals surface area contributed by atoms with Crippen LogP contribution in [-0.2, 0) is 13.1 Å². The Kier molecular flexibility index (Phi) is 4.56. The van der Waals surface area contributed by atoms with Crippen LogP contribution in [0.5, 0.6) is 0 Å². The van der Waals surface area contributed by atoms with Crippen LogP contribution < -0.4 is 0 Å². The molecule has 0 saturated heterocycles. The van der Waals surface area contributed by atoms with Gasteiger partial charge in [0.2, 0.25) is 0 Å². The molecular weight excluding hydrogens is 254 g/mol. The van der Waals surface area contributed by atoms with Crippen molar-refractivity contribution in [2.45, 2.75) is 13.1 Å². The highest BCUT2D eigenvalue weighted by Crippen LogP contribution is 2.19. The molecule has 20 heavy (non-hydrogen) atoms. The summed E-state index contributed by atoms with van der Waals surface area (Å²) in [6.45, 7) is 0.599. The SMILES string of the molecule is [N-]=[N+]=NCc1ccc(-c2ccc(CN=[N+]=[N-])nc2)cc1. The molecule has 0 unspecified atom stereocenters. The summed E-state index contributed by atoms with van der Waals surface area (Å²) in [5, 5.41) is 6.98. The largest absolute Gasteiger partial charge is 0.261 e. The van der Waals surface area contributed by atoms with E-state index in [0.29, 0.717) is 6.54 Å². The van der Waals surface area contributed by atoms with Crippen LogP contribution in [0.3, 0.4) is 0 Å². The maximum absolute atomic E-state index is 8.27. The molecule has 0 fully saturated rings. The molecule has 7 nitrogen and oxygen atoms in total. The second-order valence-corrected chi connectivity index (χ2v) is 4.01. The zero-order valence-corrected chi connectivity index (χ0v) is 10.6. The van der Waals surface area contributed by atoms with Gasteiger partial charge in [-0.1, -0.05) is 40.6 Å². The highest BCUT2D eigenvalue weighted by molar-refractivity contribution is 5.62. The van der Waals surface area contributed by atoms with Gasteiger partial charge in [0.1, 0.15) is 0 Å². The number of nitrogens with zero attached hydrogens (tertiary/aromatic N) is 7. The summed E-state index contributed by atoms with van der Waals surface area (Å²) in [6, 6.07) is 11.5. The van der Waals surface area contributed by atoms with Gasteiger partial charge in [-0.15, -0.1) is 0 Å². The summed E-state index contributed by atoms with van der Waals surface area (Å²) in [5.74, 6) is 0. The second kappa shape index (κ2) is 6.80. The Morgan fingerprint density at radius 1 is 0.850 bits per heavy atom. The third-order valence-electron chi connectivity index (χ3n) is 2.72. The fourth-order valence-corrected chi connectivity index (χ4v) is 1.71. The fourth-order valence-electron chi connectivity index (χ4n) is 1.71. The van der Waals surface area contributed by atoms with Gasteiger partial charge in [-0.3, -0.25) is 4.98 Å². The zero-order chi connectivity index (χ0) is 14.2. The molecular formula is C13H11N7. The molecule has 0 saturated carbocycles. The van der Waals surface area contributed by atoms with Crippen LogP contribution in [0.4, 0.5) is 0 Å². The molecule has 0 aliphatic carbocycles. The van der Waals surface area contributed by atoms with Crippen LogP contribution >= 0.6 is 0 Å². The lowest BCUT2D eigenvalue weighted by atomic mass is 10.1. The minimum atomic E-state index is 0.252. The first kappa shape index (κ1) is 13.4. The third-order valence-corrected chi connectivity index (χ3v) is 2.72. The van der Waals surface area contributed by atoms with Crippen molar-refractivity contribution in [1.29, 1.82) is 0 Å². The smallest absolute Gasteiger partial charge is 0.0684 e. The van der Waals surface area contributed by atoms with Gasteiger partial charge in [-0.2, -0.15) is 0 Å². The van der Waals surface area contributed by atoms with E-state index in [9.17, 15) is 0 Å². The fraction of sp³-hybridized carbons (Fsp3) is 0.154. The van der Waals surface area contributed by atoms with Crippen LogP contribution in [0.1, 0.15) is 11.3 Å². The lowest BCUT2D eigenvalue weighted by Crippen LogP contribution is -1.88. The summed E-state index contributed by atoms with van der Waals surface area (Å²) in [7, 11) is 0. The lowest BCUT2D eigenvalue weighted by Gasteiger charge is -2.03. The Hall–Kier alpha value is -3.01. The number of hydrogen-bond acceptors (Lipinski definition) is 3. The van der Waals surface area contributed by atoms with Crippen molar-refractivity contribution in [3.05, 3.63) is 74.7 Å². The number of hydrogen-bond donors (Lipinski definition) is 0. The van der Waals surface area contributed by atoms with E-state index in [4.69, 9.17) is 11.1 Å². The van der Waals surface area contributed by atoms with E-state index >= 15 is 0 Å². The maximum Gasteiger partial charge on any atom is 0.0684 e. The van der Waals surface area contributed by atoms with Gasteiger partial charge in [0.25, 0.3) is 0 Å². The van der Waals surface area contributed by atoms with E-state index in [0.717, 1.165) is 22.4 Å². The Labute approximate surface area is 115 Å². The first-order chi connectivity index (χ1) is 9.83. The van der Waals surface area contributed by atoms with Crippen molar-refractivity contribution >= 4 is 0 Å². The van der Waals surface area contributed by atoms with E-state index in [2.05, 4.69) is 25.0 Å². The van der Waals surface area contributed by atoms with Gasteiger partial charge in [-0.05, 0) is 28.3 Å². The highest BCUT2D eigenvalue weighted by atomic mass is 15.1. The van der Waals surface area contributed by atoms with Gasteiger partial charge in [0.05, 0.1) is 13.1 Å². The van der Waals surface area contributed by atoms with Crippen molar-refractivity contribution in [2.75, 3.05) is 0 Å². The van der Waals surface area contributed by atoms with Crippen LogP contribution in [-0.4, -0.2) is 4.98 Å². The Balaban J connectivity index is 2.14. The Morgan fingerprint density at radius 2 is 1.50 bits per heavy atom. The molecule has 0 aliphatic heterocycles. The normalized spacial score (nSPS) is 9.40. The van der Waals surface area contributed by atoms with Gasteiger partial charge in [0.15, 0.2) is 0 Å². The number of pyridine rings is 1. The predicted molar refractivity (Wildman–Crippen MR) is 75.4 cm³/mol. The molecule has 0 amide bonds. The van der Waals surface area contributed by atoms with Crippen molar-refractivity contribution in [2.24, 2.45) is 10.2 Å². The molecule has 2 aromatic rings. The number of rotatable bonds is 5. The maximum atomic E-state index is 8.27. The molecule has 98 valence electrons. The predicted octanol–water partition coefficient (Wildman–Crippen LogP) is 4.37. The summed E-state index contributed by atoms with van der Waals surface area (Å²) in [4.78, 5) is 9.66. The minimum Gasteiger partial charge on any atom is -0.261 e. The molecule has 0 aliphatic rings. The van der Waals surface area contributed by atoms with Gasteiger partial charge in [-0.25, -0.2) is 0 Å². The number of azide groups is 2. The van der Waals surface area contributed by atoms with Crippen molar-refractivity contribution in [1.82, 2.24) is 4.98 Å². The van der Waals surface area contributed by atoms with Crippen molar-refractivity contribution in [3.8, 4) is 11.1 Å². The van der Waals surface area contributed by atoms with Crippen LogP contribution in [0.2, 0.25) is 0 Å². The van der Waals surface area contributed by atoms with E-state index in [1.165, 1.54) is 0 Å². The molecule has 0 bridgehead atoms. The number of aromatic nitrogens is 1. The zero-order valence-electron chi connectivity index (χ0n) is 10.6. The minimum absolute atomic E-state index is 0.252. The van der Waals surface area contributed by atoms with Gasteiger partial charge in [0, 0.05) is 27.3 Å². The first-order valence-corrected chi connectivity index (χ1v) is 5.89. The molecule has 1 aromatic heterocycles. The standard InChI is InChI=1S/C13H11N7/c14-19-17-7-10-1-3-11(4-2-10)12-5-6-13(16-8-12)9-18-20-15/h1-6,8H,7,9H2. The molecule has 0 spiro atoms. The Bertz CT molecular complexity index is 601. The molecule has 0 radical (unpaired) electrons. The van der Waals surface area contributed by atoms with Crippen LogP contribution in [0.25, 0.3) is 32.0 Å². The van der Waals surface area contributed by atoms with Crippen LogP contribution in [0.15, 0.2) is 52.8 Å². The number of benzene rings is 1. The van der Waals surface area contributed by atoms with E-state index in [1.807, 2.05) is 36.4 Å². The summed E-state index contributed by atoms with van der Waals surface area (Å²) in [5.41, 5.74) is 20.2. The highest BCUT2D eigenvalue weighted by Gasteiger charge is 1.99. The van der Waals surface area contributed by atoms with Gasteiger partial charge >= 0.3 is 0 Å². The van der Waals surface area contributed by atoms with Crippen LogP contribution in [0, 0.1) is 0 Å². The second-order valence-electron chi connectivity index (χ2n) is 4.01. The average molecular weight is 265 g/mol. The topological polar surface area (TPSA) is 110 Å². The van der Waals surface area contributed by atoms with E-state index in [1.54, 1.807) is 6.20 Å². The van der Waals surface area contributed by atoms with Crippen molar-refractivity contribution in [3.63, 3.8) is 0 Å². The molecule has 7 heteroatoms.